The van der Waals surface area contributed by atoms with E-state index in [4.69, 9.17) is 35.5 Å². The first-order valence-corrected chi connectivity index (χ1v) is 35.2. The number of nitrogens with zero attached hydrogens (tertiary/aromatic N) is 7. The van der Waals surface area contributed by atoms with Gasteiger partial charge in [-0.05, 0) is 203 Å². The van der Waals surface area contributed by atoms with Crippen molar-refractivity contribution in [3.63, 3.8) is 0 Å². The number of Topliss-reactive ketones (excluding diaryl/α,β-unsaturated/α-hetero) is 3. The molecule has 3 aliphatic rings. The minimum atomic E-state index is -1.44. The molecular weight excluding hydrogens is 1370 g/mol. The third kappa shape index (κ3) is 18.5. The molecule has 3 aromatic heterocycles. The Hall–Kier alpha value is -9.16. The van der Waals surface area contributed by atoms with Crippen LogP contribution in [0.2, 0.25) is 5.02 Å². The number of aromatic nitrogens is 6. The molecule has 0 spiro atoms. The minimum Gasteiger partial charge on any atom is -0.489 e. The molecule has 526 valence electrons. The van der Waals surface area contributed by atoms with Crippen LogP contribution in [0.15, 0.2) is 169 Å². The second-order valence-electron chi connectivity index (χ2n) is 27.3. The number of benzene rings is 7. The predicted octanol–water partition coefficient (Wildman–Crippen LogP) is 14.6. The number of carbonyl (C=O) groups excluding carboxylic acids is 5. The van der Waals surface area contributed by atoms with Gasteiger partial charge < -0.3 is 39.2 Å². The van der Waals surface area contributed by atoms with Gasteiger partial charge in [-0.25, -0.2) is 9.59 Å². The van der Waals surface area contributed by atoms with Crippen molar-refractivity contribution >= 4 is 108 Å². The first kappa shape index (κ1) is 74.5. The molecule has 2 saturated heterocycles. The Labute approximate surface area is 601 Å². The molecule has 1 amide bonds. The first-order chi connectivity index (χ1) is 48.0. The molecule has 13 rings (SSSR count). The fourth-order valence-corrected chi connectivity index (χ4v) is 11.9. The Morgan fingerprint density at radius 1 is 0.604 bits per heavy atom. The summed E-state index contributed by atoms with van der Waals surface area (Å²) in [5, 5.41) is 40.2. The quantitative estimate of drug-likeness (QED) is 0.0278. The molecule has 23 heteroatoms. The van der Waals surface area contributed by atoms with E-state index < -0.39 is 65.7 Å². The number of ether oxygens (including phenoxy) is 2. The van der Waals surface area contributed by atoms with Crippen molar-refractivity contribution in [3.8, 4) is 28.0 Å². The van der Waals surface area contributed by atoms with Gasteiger partial charge in [0.25, 0.3) is 17.5 Å². The molecule has 1 aliphatic carbocycles. The summed E-state index contributed by atoms with van der Waals surface area (Å²) in [6, 6.07) is 43.9. The number of nitrogens with one attached hydrogen (secondary N) is 1. The summed E-state index contributed by atoms with van der Waals surface area (Å²) in [4.78, 5) is 74.0. The lowest BCUT2D eigenvalue weighted by Crippen LogP contribution is -2.48. The number of fused-ring (bicyclic) bond motifs is 3. The normalized spacial score (nSPS) is 15.3. The highest BCUT2D eigenvalue weighted by molar-refractivity contribution is 9.10. The number of likely N-dealkylation sites (tertiary alicyclic amines) is 1. The van der Waals surface area contributed by atoms with Gasteiger partial charge in [0.2, 0.25) is 5.78 Å². The van der Waals surface area contributed by atoms with Crippen LogP contribution in [0.25, 0.3) is 55.0 Å². The second-order valence-corrected chi connectivity index (χ2v) is 28.6. The Morgan fingerprint density at radius 3 is 1.50 bits per heavy atom. The molecule has 5 heterocycles. The van der Waals surface area contributed by atoms with E-state index in [-0.39, 0.29) is 29.9 Å². The number of aliphatic hydroxyl groups excluding tert-OH is 1. The van der Waals surface area contributed by atoms with E-state index in [0.717, 1.165) is 98.3 Å². The average molecular weight is 1450 g/mol. The van der Waals surface area contributed by atoms with Crippen molar-refractivity contribution in [3.05, 3.63) is 196 Å². The van der Waals surface area contributed by atoms with Gasteiger partial charge in [-0.2, -0.15) is 15.3 Å². The zero-order chi connectivity index (χ0) is 72.6. The summed E-state index contributed by atoms with van der Waals surface area (Å²) in [5.74, 6) is -4.65. The molecule has 101 heavy (non-hydrogen) atoms. The predicted molar refractivity (Wildman–Crippen MR) is 396 cm³/mol. The summed E-state index contributed by atoms with van der Waals surface area (Å²) in [6.07, 6.45) is 9.42. The Balaban J connectivity index is 0.000000160. The molecule has 20 nitrogen and oxygen atoms in total. The summed E-state index contributed by atoms with van der Waals surface area (Å²) in [5.41, 5.74) is 8.04. The third-order valence-electron chi connectivity index (χ3n) is 18.1. The van der Waals surface area contributed by atoms with Crippen LogP contribution in [0, 0.1) is 0 Å². The molecule has 0 unspecified atom stereocenters. The standard InChI is InChI=1S/C34H37ClN4O4.C18H16N2O3.C16H21BO5.C10H11BrN2/c1-21(2)39-19-26-17-24(9-13-29(26)37-39)22-5-7-23(8-6-22)33(41)34(42)36-30(20-38-15-3-4-16-38)32(40)25-10-14-31(28(35)18-25)43-27-11-12-27;1-11(2)20-10-15-9-14(7-8-16(15)19-20)12-3-5-13(6-4-12)17(21)18(22)23;1-6-20-14(19)13(18)11-7-9-12(10-8-11)17-21-15(2,3)16(4,5)22-17;1-7(2)13-6-8-5-9(11)3-4-10(8)12-13/h5-10,13-14,17-19,21,27,30,32,40H,3-4,11-12,15-16,20H2,1-2H3,(H,36,42);3-11H,1-2H3,(H,22,23);7-10H,6H2,1-5H3;3-7H,1-2H3/t30-,32-;;;/m1.../s1. The second kappa shape index (κ2) is 32.2. The number of carboxylic acids is 1. The van der Waals surface area contributed by atoms with Gasteiger partial charge in [-0.1, -0.05) is 119 Å². The van der Waals surface area contributed by atoms with Crippen LogP contribution in [0.5, 0.6) is 5.75 Å². The van der Waals surface area contributed by atoms with E-state index in [1.807, 2.05) is 109 Å². The van der Waals surface area contributed by atoms with Crippen LogP contribution >= 0.6 is 27.5 Å². The van der Waals surface area contributed by atoms with Gasteiger partial charge in [-0.3, -0.25) is 33.2 Å². The summed E-state index contributed by atoms with van der Waals surface area (Å²) in [7, 11) is -0.489. The SMILES string of the molecule is CC(C)n1cc2cc(-c3ccc(C(=O)C(=O)N[C@H](CN4CCCC4)[C@H](O)c4ccc(OC5CC5)c(Cl)c4)cc3)ccc2n1.CC(C)n1cc2cc(-c3ccc(C(=O)C(=O)O)cc3)ccc2n1.CC(C)n1cc2cc(Br)ccc2n1.CCOC(=O)C(=O)c1ccc(B2OC(C)(C)C(C)(C)O2)cc1. The van der Waals surface area contributed by atoms with Crippen LogP contribution in [0.3, 0.4) is 0 Å². The zero-order valence-electron chi connectivity index (χ0n) is 58.7. The fourth-order valence-electron chi connectivity index (χ4n) is 11.3. The summed E-state index contributed by atoms with van der Waals surface area (Å²) in [6.45, 7) is 24.5. The van der Waals surface area contributed by atoms with Crippen molar-refractivity contribution in [2.75, 3.05) is 26.2 Å². The van der Waals surface area contributed by atoms with Crippen molar-refractivity contribution in [2.24, 2.45) is 0 Å². The average Bonchev–Trinajstić information content (AvgIpc) is 1.67. The number of ketones is 3. The maximum absolute atomic E-state index is 13.2. The number of aliphatic carboxylic acids is 1. The summed E-state index contributed by atoms with van der Waals surface area (Å²) >= 11 is 9.91. The molecule has 1 saturated carbocycles. The highest BCUT2D eigenvalue weighted by Gasteiger charge is 2.51. The van der Waals surface area contributed by atoms with Crippen LogP contribution in [0.1, 0.15) is 163 Å². The number of aliphatic hydroxyl groups is 1. The van der Waals surface area contributed by atoms with Crippen molar-refractivity contribution in [2.45, 2.75) is 149 Å². The number of esters is 1. The first-order valence-electron chi connectivity index (χ1n) is 34.0. The van der Waals surface area contributed by atoms with Crippen LogP contribution in [-0.2, 0) is 28.4 Å². The maximum Gasteiger partial charge on any atom is 0.494 e. The van der Waals surface area contributed by atoms with Crippen LogP contribution < -0.4 is 15.5 Å². The van der Waals surface area contributed by atoms with Gasteiger partial charge >= 0.3 is 19.1 Å². The number of halogens is 2. The van der Waals surface area contributed by atoms with Crippen molar-refractivity contribution < 1.29 is 57.8 Å². The van der Waals surface area contributed by atoms with E-state index >= 15 is 0 Å². The van der Waals surface area contributed by atoms with Gasteiger partial charge in [0, 0.05) is 80.6 Å². The number of hydrogen-bond acceptors (Lipinski definition) is 15. The van der Waals surface area contributed by atoms with Crippen LogP contribution in [-0.4, -0.2) is 136 Å². The lowest BCUT2D eigenvalue weighted by molar-refractivity contribution is -0.137. The Bertz CT molecular complexity index is 4620. The molecule has 0 bridgehead atoms. The lowest BCUT2D eigenvalue weighted by atomic mass is 9.78. The molecule has 0 radical (unpaired) electrons. The summed E-state index contributed by atoms with van der Waals surface area (Å²) < 4.78 is 29.4. The Kier molecular flexibility index (Phi) is 23.8. The van der Waals surface area contributed by atoms with E-state index in [0.29, 0.717) is 40.5 Å². The molecule has 2 aliphatic heterocycles. The molecule has 10 aromatic rings. The van der Waals surface area contributed by atoms with Gasteiger partial charge in [0.1, 0.15) is 11.9 Å². The van der Waals surface area contributed by atoms with Crippen molar-refractivity contribution in [1.82, 2.24) is 39.6 Å². The molecule has 3 fully saturated rings. The van der Waals surface area contributed by atoms with E-state index in [9.17, 15) is 33.9 Å². The monoisotopic (exact) mass is 1450 g/mol. The third-order valence-corrected chi connectivity index (χ3v) is 18.9. The smallest absolute Gasteiger partial charge is 0.489 e. The Morgan fingerprint density at radius 2 is 1.05 bits per heavy atom. The molecule has 2 atom stereocenters. The van der Waals surface area contributed by atoms with E-state index in [2.05, 4.69) is 101 Å². The highest BCUT2D eigenvalue weighted by atomic mass is 79.9. The van der Waals surface area contributed by atoms with E-state index in [1.54, 1.807) is 73.7 Å². The maximum atomic E-state index is 13.2. The number of hydrogen-bond donors (Lipinski definition) is 3. The zero-order valence-corrected chi connectivity index (χ0v) is 61.0. The van der Waals surface area contributed by atoms with E-state index in [1.165, 1.54) is 17.5 Å². The number of carbonyl (C=O) groups is 6. The number of amides is 1. The number of rotatable bonds is 20. The molecule has 3 N–H and O–H groups in total. The highest BCUT2D eigenvalue weighted by Crippen LogP contribution is 2.38. The van der Waals surface area contributed by atoms with Gasteiger partial charge in [0.15, 0.2) is 0 Å². The van der Waals surface area contributed by atoms with Crippen molar-refractivity contribution in [1.29, 1.82) is 0 Å². The topological polar surface area (TPSA) is 249 Å². The molecule has 7 aromatic carbocycles. The van der Waals surface area contributed by atoms with Gasteiger partial charge in [-0.15, -0.1) is 0 Å². The van der Waals surface area contributed by atoms with Crippen LogP contribution in [0.4, 0.5) is 0 Å². The van der Waals surface area contributed by atoms with Gasteiger partial charge in [0.05, 0.1) is 51.5 Å². The number of carboxylic acid groups (broad SMARTS) is 1. The fraction of sp³-hybridized carbons (Fsp3) is 0.346. The largest absolute Gasteiger partial charge is 0.494 e. The lowest BCUT2D eigenvalue weighted by Gasteiger charge is -2.32. The minimum absolute atomic E-state index is 0.176. The molecular formula is C78H85BBrClN8O12.